The van der Waals surface area contributed by atoms with E-state index in [2.05, 4.69) is 5.32 Å². The van der Waals surface area contributed by atoms with Crippen LogP contribution in [0.3, 0.4) is 0 Å². The van der Waals surface area contributed by atoms with Crippen LogP contribution in [0.5, 0.6) is 0 Å². The normalized spacial score (nSPS) is 10.6. The van der Waals surface area contributed by atoms with Crippen LogP contribution in [0.4, 0.5) is 5.69 Å². The molecule has 0 bridgehead atoms. The molecule has 1 aromatic heterocycles. The Balaban J connectivity index is 1.49. The zero-order valence-electron chi connectivity index (χ0n) is 14.9. The van der Waals surface area contributed by atoms with Crippen molar-refractivity contribution in [1.29, 1.82) is 0 Å². The molecule has 1 amide bonds. The average molecular weight is 405 g/mol. The lowest BCUT2D eigenvalue weighted by atomic mass is 10.1. The fraction of sp³-hybridized carbons (Fsp3) is 0.0435. The Kier molecular flexibility index (Phi) is 5.51. The van der Waals surface area contributed by atoms with Gasteiger partial charge in [-0.15, -0.1) is 11.3 Å². The molecule has 4 aromatic rings. The van der Waals surface area contributed by atoms with Crippen LogP contribution in [0, 0.1) is 0 Å². The Morgan fingerprint density at radius 2 is 1.71 bits per heavy atom. The number of benzene rings is 3. The molecule has 0 unspecified atom stereocenters. The van der Waals surface area contributed by atoms with Crippen molar-refractivity contribution in [3.05, 3.63) is 94.8 Å². The van der Waals surface area contributed by atoms with E-state index in [0.29, 0.717) is 11.4 Å². The topological polar surface area (TPSA) is 42.0 Å². The highest BCUT2D eigenvalue weighted by Gasteiger charge is 2.09. The zero-order chi connectivity index (χ0) is 19.3. The van der Waals surface area contributed by atoms with Crippen molar-refractivity contribution in [3.63, 3.8) is 0 Å². The summed E-state index contributed by atoms with van der Waals surface area (Å²) in [5, 5.41) is 6.63. The summed E-state index contributed by atoms with van der Waals surface area (Å²) in [5.74, 6) is -0.0384. The number of thiazole rings is 1. The lowest BCUT2D eigenvalue weighted by molar-refractivity contribution is -0.115. The quantitative estimate of drug-likeness (QED) is 0.423. The third-order valence-corrected chi connectivity index (χ3v) is 5.39. The number of hydrogen-bond acceptors (Lipinski definition) is 3. The van der Waals surface area contributed by atoms with Gasteiger partial charge in [0.1, 0.15) is 5.01 Å². The third-order valence-electron chi connectivity index (χ3n) is 4.24. The molecule has 28 heavy (non-hydrogen) atoms. The van der Waals surface area contributed by atoms with Crippen molar-refractivity contribution >= 4 is 34.5 Å². The molecule has 0 fully saturated rings. The molecule has 0 saturated carbocycles. The number of nitrogens with one attached hydrogen (secondary N) is 1. The Bertz CT molecular complexity index is 1090. The number of carbonyl (C=O) groups is 1. The lowest BCUT2D eigenvalue weighted by Crippen LogP contribution is -2.14. The largest absolute Gasteiger partial charge is 0.326 e. The fourth-order valence-electron chi connectivity index (χ4n) is 2.87. The molecule has 138 valence electrons. The van der Waals surface area contributed by atoms with Gasteiger partial charge in [-0.2, -0.15) is 0 Å². The monoisotopic (exact) mass is 404 g/mol. The van der Waals surface area contributed by atoms with Crippen LogP contribution >= 0.6 is 22.9 Å². The Hall–Kier alpha value is -2.95. The van der Waals surface area contributed by atoms with Gasteiger partial charge in [-0.3, -0.25) is 4.79 Å². The second kappa shape index (κ2) is 8.38. The summed E-state index contributed by atoms with van der Waals surface area (Å²) >= 11 is 7.54. The van der Waals surface area contributed by atoms with Gasteiger partial charge in [-0.1, -0.05) is 66.2 Å². The minimum Gasteiger partial charge on any atom is -0.326 e. The molecular weight excluding hydrogens is 388 g/mol. The van der Waals surface area contributed by atoms with E-state index < -0.39 is 0 Å². The number of hydrogen-bond donors (Lipinski definition) is 1. The van der Waals surface area contributed by atoms with Crippen molar-refractivity contribution in [3.8, 4) is 21.8 Å². The van der Waals surface area contributed by atoms with Gasteiger partial charge in [-0.05, 0) is 29.8 Å². The summed E-state index contributed by atoms with van der Waals surface area (Å²) in [5.41, 5.74) is 4.64. The molecule has 5 heteroatoms. The maximum Gasteiger partial charge on any atom is 0.228 e. The van der Waals surface area contributed by atoms with E-state index in [-0.39, 0.29) is 5.91 Å². The van der Waals surface area contributed by atoms with Gasteiger partial charge in [0.15, 0.2) is 0 Å². The first-order valence-corrected chi connectivity index (χ1v) is 10.1. The molecule has 1 N–H and O–H groups in total. The highest BCUT2D eigenvalue weighted by Crippen LogP contribution is 2.30. The van der Waals surface area contributed by atoms with Crippen molar-refractivity contribution in [2.75, 3.05) is 5.32 Å². The smallest absolute Gasteiger partial charge is 0.228 e. The Labute approximate surface area is 172 Å². The van der Waals surface area contributed by atoms with Gasteiger partial charge < -0.3 is 5.32 Å². The van der Waals surface area contributed by atoms with Crippen molar-refractivity contribution < 1.29 is 4.79 Å². The fourth-order valence-corrected chi connectivity index (χ4v) is 3.84. The molecular formula is C23H17ClN2OS. The molecule has 0 aliphatic carbocycles. The first-order valence-electron chi connectivity index (χ1n) is 8.83. The number of amides is 1. The molecule has 4 rings (SSSR count). The van der Waals surface area contributed by atoms with Crippen LogP contribution in [-0.4, -0.2) is 10.9 Å². The summed E-state index contributed by atoms with van der Waals surface area (Å²) in [7, 11) is 0. The van der Waals surface area contributed by atoms with Gasteiger partial charge in [0.05, 0.1) is 12.1 Å². The van der Waals surface area contributed by atoms with Crippen molar-refractivity contribution in [2.45, 2.75) is 6.42 Å². The van der Waals surface area contributed by atoms with Gasteiger partial charge in [0.2, 0.25) is 5.91 Å². The minimum absolute atomic E-state index is 0.0384. The predicted molar refractivity (Wildman–Crippen MR) is 117 cm³/mol. The molecule has 1 heterocycles. The number of halogens is 1. The number of rotatable bonds is 5. The average Bonchev–Trinajstić information content (AvgIpc) is 3.20. The van der Waals surface area contributed by atoms with Gasteiger partial charge >= 0.3 is 0 Å². The van der Waals surface area contributed by atoms with E-state index in [1.54, 1.807) is 11.3 Å². The predicted octanol–water partition coefficient (Wildman–Crippen LogP) is 6.31. The Morgan fingerprint density at radius 1 is 0.929 bits per heavy atom. The minimum atomic E-state index is -0.0384. The van der Waals surface area contributed by atoms with E-state index in [9.17, 15) is 4.79 Å². The van der Waals surface area contributed by atoms with Crippen LogP contribution in [0.2, 0.25) is 5.02 Å². The van der Waals surface area contributed by atoms with Gasteiger partial charge in [-0.25, -0.2) is 4.98 Å². The molecule has 0 radical (unpaired) electrons. The summed E-state index contributed by atoms with van der Waals surface area (Å²) in [6.07, 6.45) is 0.350. The molecule has 3 aromatic carbocycles. The zero-order valence-corrected chi connectivity index (χ0v) is 16.5. The molecule has 3 nitrogen and oxygen atoms in total. The van der Waals surface area contributed by atoms with Crippen LogP contribution < -0.4 is 5.32 Å². The first-order chi connectivity index (χ1) is 13.7. The summed E-state index contributed by atoms with van der Waals surface area (Å²) in [6.45, 7) is 0. The van der Waals surface area contributed by atoms with E-state index in [1.165, 1.54) is 0 Å². The standard InChI is InChI=1S/C23H17ClN2OS/c24-19-11-9-17(10-12-19)23-26-21(15-28-23)18-7-4-8-20(14-18)25-22(27)13-16-5-2-1-3-6-16/h1-12,14-15H,13H2,(H,25,27). The summed E-state index contributed by atoms with van der Waals surface area (Å²) in [6, 6.07) is 25.1. The summed E-state index contributed by atoms with van der Waals surface area (Å²) < 4.78 is 0. The number of anilines is 1. The maximum atomic E-state index is 12.3. The van der Waals surface area contributed by atoms with Crippen molar-refractivity contribution in [2.24, 2.45) is 0 Å². The SMILES string of the molecule is O=C(Cc1ccccc1)Nc1cccc(-c2csc(-c3ccc(Cl)cc3)n2)c1. The van der Waals surface area contributed by atoms with Crippen LogP contribution in [-0.2, 0) is 11.2 Å². The molecule has 0 aliphatic heterocycles. The van der Waals surface area contributed by atoms with E-state index in [1.807, 2.05) is 84.2 Å². The second-order valence-electron chi connectivity index (χ2n) is 6.34. The van der Waals surface area contributed by atoms with Crippen LogP contribution in [0.15, 0.2) is 84.2 Å². The van der Waals surface area contributed by atoms with E-state index in [4.69, 9.17) is 16.6 Å². The van der Waals surface area contributed by atoms with Gasteiger partial charge in [0, 0.05) is 27.2 Å². The second-order valence-corrected chi connectivity index (χ2v) is 7.63. The van der Waals surface area contributed by atoms with E-state index >= 15 is 0 Å². The number of nitrogens with zero attached hydrogens (tertiary/aromatic N) is 1. The van der Waals surface area contributed by atoms with Crippen LogP contribution in [0.25, 0.3) is 21.8 Å². The number of carbonyl (C=O) groups excluding carboxylic acids is 1. The third kappa shape index (κ3) is 4.47. The molecule has 0 atom stereocenters. The van der Waals surface area contributed by atoms with Crippen molar-refractivity contribution in [1.82, 2.24) is 4.98 Å². The van der Waals surface area contributed by atoms with Gasteiger partial charge in [0.25, 0.3) is 0 Å². The Morgan fingerprint density at radius 3 is 2.50 bits per heavy atom. The maximum absolute atomic E-state index is 12.3. The summed E-state index contributed by atoms with van der Waals surface area (Å²) in [4.78, 5) is 17.0. The highest BCUT2D eigenvalue weighted by atomic mass is 35.5. The van der Waals surface area contributed by atoms with E-state index in [0.717, 1.165) is 33.1 Å². The number of aromatic nitrogens is 1. The molecule has 0 saturated heterocycles. The highest BCUT2D eigenvalue weighted by molar-refractivity contribution is 7.13. The first kappa shape index (κ1) is 18.4. The molecule has 0 spiro atoms. The molecule has 0 aliphatic rings. The van der Waals surface area contributed by atoms with Crippen LogP contribution in [0.1, 0.15) is 5.56 Å². The lowest BCUT2D eigenvalue weighted by Gasteiger charge is -2.07.